The van der Waals surface area contributed by atoms with Gasteiger partial charge in [-0.2, -0.15) is 11.3 Å². The highest BCUT2D eigenvalue weighted by Gasteiger charge is 2.34. The van der Waals surface area contributed by atoms with Gasteiger partial charge in [-0.3, -0.25) is 4.90 Å². The Kier molecular flexibility index (Phi) is 5.24. The van der Waals surface area contributed by atoms with Gasteiger partial charge < -0.3 is 10.0 Å². The lowest BCUT2D eigenvalue weighted by molar-refractivity contribution is 0.141. The molecule has 7 heteroatoms. The first-order valence-corrected chi connectivity index (χ1v) is 10.2. The Morgan fingerprint density at radius 1 is 1.14 bits per heavy atom. The van der Waals surface area contributed by atoms with Crippen molar-refractivity contribution in [2.24, 2.45) is 0 Å². The highest BCUT2D eigenvalue weighted by molar-refractivity contribution is 7.08. The molecular formula is C21H18ClFN2O2S. The summed E-state index contributed by atoms with van der Waals surface area (Å²) >= 11 is 7.65. The van der Waals surface area contributed by atoms with Gasteiger partial charge in [0.1, 0.15) is 12.0 Å². The molecule has 1 amide bonds. The zero-order valence-electron chi connectivity index (χ0n) is 14.9. The molecule has 144 valence electrons. The fourth-order valence-corrected chi connectivity index (χ4v) is 4.45. The summed E-state index contributed by atoms with van der Waals surface area (Å²) in [5, 5.41) is 13.7. The summed E-state index contributed by atoms with van der Waals surface area (Å²) in [6, 6.07) is 14.5. The number of benzene rings is 2. The van der Waals surface area contributed by atoms with Gasteiger partial charge in [0, 0.05) is 17.9 Å². The number of nitrogens with zero attached hydrogens (tertiary/aromatic N) is 2. The molecule has 2 aromatic carbocycles. The fourth-order valence-electron chi connectivity index (χ4n) is 3.61. The Morgan fingerprint density at radius 2 is 1.89 bits per heavy atom. The highest BCUT2D eigenvalue weighted by Crippen LogP contribution is 2.36. The minimum Gasteiger partial charge on any atom is -0.465 e. The van der Waals surface area contributed by atoms with E-state index in [4.69, 9.17) is 11.6 Å². The summed E-state index contributed by atoms with van der Waals surface area (Å²) < 4.78 is 13.7. The number of carboxylic acid groups (broad SMARTS) is 1. The Labute approximate surface area is 171 Å². The molecule has 1 N–H and O–H groups in total. The van der Waals surface area contributed by atoms with Gasteiger partial charge in [-0.25, -0.2) is 9.18 Å². The van der Waals surface area contributed by atoms with Crippen LogP contribution in [0.4, 0.5) is 20.6 Å². The molecule has 1 atom stereocenters. The van der Waals surface area contributed by atoms with E-state index in [0.717, 1.165) is 23.2 Å². The number of hydrogen-bond donors (Lipinski definition) is 1. The summed E-state index contributed by atoms with van der Waals surface area (Å²) in [6.45, 7) is 0.471. The molecule has 1 saturated heterocycles. The first kappa shape index (κ1) is 18.8. The van der Waals surface area contributed by atoms with Gasteiger partial charge in [-0.15, -0.1) is 0 Å². The normalized spacial score (nSPS) is 16.4. The number of anilines is 2. The number of halogens is 2. The second kappa shape index (κ2) is 7.81. The second-order valence-corrected chi connectivity index (χ2v) is 7.81. The molecule has 1 aliphatic heterocycles. The molecule has 1 aromatic heterocycles. The van der Waals surface area contributed by atoms with Crippen molar-refractivity contribution < 1.29 is 14.3 Å². The maximum Gasteiger partial charge on any atom is 0.408 e. The van der Waals surface area contributed by atoms with E-state index in [1.807, 2.05) is 34.5 Å². The third-order valence-corrected chi connectivity index (χ3v) is 5.92. The molecule has 28 heavy (non-hydrogen) atoms. The second-order valence-electron chi connectivity index (χ2n) is 6.63. The zero-order chi connectivity index (χ0) is 19.7. The van der Waals surface area contributed by atoms with Crippen LogP contribution < -0.4 is 4.90 Å². The number of thiophene rings is 1. The van der Waals surface area contributed by atoms with Crippen molar-refractivity contribution in [1.29, 1.82) is 0 Å². The lowest BCUT2D eigenvalue weighted by atomic mass is 10.1. The predicted molar refractivity (Wildman–Crippen MR) is 111 cm³/mol. The highest BCUT2D eigenvalue weighted by atomic mass is 35.5. The van der Waals surface area contributed by atoms with Crippen molar-refractivity contribution >= 4 is 40.4 Å². The van der Waals surface area contributed by atoms with Crippen LogP contribution in [0.1, 0.15) is 12.8 Å². The van der Waals surface area contributed by atoms with Crippen LogP contribution in [-0.4, -0.2) is 28.8 Å². The van der Waals surface area contributed by atoms with Crippen LogP contribution in [0.25, 0.3) is 11.1 Å². The molecule has 4 nitrogen and oxygen atoms in total. The molecule has 0 unspecified atom stereocenters. The van der Waals surface area contributed by atoms with E-state index in [9.17, 15) is 14.3 Å². The minimum absolute atomic E-state index is 0.0114. The van der Waals surface area contributed by atoms with E-state index in [-0.39, 0.29) is 11.2 Å². The lowest BCUT2D eigenvalue weighted by Crippen LogP contribution is -2.44. The third-order valence-electron chi connectivity index (χ3n) is 4.95. The average molecular weight is 417 g/mol. The molecule has 4 rings (SSSR count). The van der Waals surface area contributed by atoms with Crippen molar-refractivity contribution in [3.8, 4) is 11.1 Å². The monoisotopic (exact) mass is 416 g/mol. The lowest BCUT2D eigenvalue weighted by Gasteiger charge is -2.36. The summed E-state index contributed by atoms with van der Waals surface area (Å²) in [4.78, 5) is 15.1. The van der Waals surface area contributed by atoms with E-state index in [1.54, 1.807) is 23.5 Å². The Morgan fingerprint density at radius 3 is 2.54 bits per heavy atom. The van der Waals surface area contributed by atoms with Crippen molar-refractivity contribution in [1.82, 2.24) is 4.90 Å². The first-order valence-electron chi connectivity index (χ1n) is 8.91. The Balaban J connectivity index is 1.76. The molecule has 2 heterocycles. The molecule has 0 bridgehead atoms. The zero-order valence-corrected chi connectivity index (χ0v) is 16.5. The number of rotatable bonds is 4. The fraction of sp³-hybridized carbons (Fsp3) is 0.190. The van der Waals surface area contributed by atoms with Crippen LogP contribution >= 0.6 is 22.9 Å². The average Bonchev–Trinajstić information content (AvgIpc) is 3.38. The molecule has 0 radical (unpaired) electrons. The van der Waals surface area contributed by atoms with Gasteiger partial charge >= 0.3 is 6.09 Å². The van der Waals surface area contributed by atoms with Crippen LogP contribution in [0.5, 0.6) is 0 Å². The maximum absolute atomic E-state index is 13.7. The van der Waals surface area contributed by atoms with Crippen LogP contribution in [0.15, 0.2) is 59.3 Å². The van der Waals surface area contributed by atoms with E-state index < -0.39 is 11.9 Å². The Hall–Kier alpha value is -2.57. The Bertz CT molecular complexity index is 979. The van der Waals surface area contributed by atoms with Crippen molar-refractivity contribution in [2.75, 3.05) is 11.4 Å². The summed E-state index contributed by atoms with van der Waals surface area (Å²) in [6.07, 6.45) is 0.129. The van der Waals surface area contributed by atoms with E-state index >= 15 is 0 Å². The van der Waals surface area contributed by atoms with Crippen molar-refractivity contribution in [3.63, 3.8) is 0 Å². The maximum atomic E-state index is 13.7. The van der Waals surface area contributed by atoms with Crippen molar-refractivity contribution in [2.45, 2.75) is 19.0 Å². The number of amides is 1. The van der Waals surface area contributed by atoms with Gasteiger partial charge in [0.25, 0.3) is 0 Å². The molecule has 1 fully saturated rings. The molecule has 0 aliphatic carbocycles. The first-order chi connectivity index (χ1) is 13.5. The van der Waals surface area contributed by atoms with Crippen LogP contribution in [-0.2, 0) is 0 Å². The third kappa shape index (κ3) is 3.57. The molecule has 0 spiro atoms. The summed E-state index contributed by atoms with van der Waals surface area (Å²) in [7, 11) is 0. The molecule has 3 aromatic rings. The quantitative estimate of drug-likeness (QED) is 0.531. The summed E-state index contributed by atoms with van der Waals surface area (Å²) in [5.74, 6) is -0.500. The van der Waals surface area contributed by atoms with E-state index in [0.29, 0.717) is 18.7 Å². The van der Waals surface area contributed by atoms with E-state index in [1.165, 1.54) is 11.0 Å². The number of hydrogen-bond acceptors (Lipinski definition) is 3. The predicted octanol–water partition coefficient (Wildman–Crippen LogP) is 6.45. The van der Waals surface area contributed by atoms with Gasteiger partial charge in [-0.05, 0) is 71.1 Å². The standard InChI is InChI=1S/C21H18ClFN2O2S/c22-18-12-17(7-8-19(18)23)25(20-2-1-10-24(20)21(26)27)16-5-3-14(4-6-16)15-9-11-28-13-15/h3-9,11-13,20H,1-2,10H2,(H,26,27)/t20-/m1/s1. The summed E-state index contributed by atoms with van der Waals surface area (Å²) in [5.41, 5.74) is 3.72. The van der Waals surface area contributed by atoms with Crippen LogP contribution in [0, 0.1) is 5.82 Å². The van der Waals surface area contributed by atoms with Crippen LogP contribution in [0.3, 0.4) is 0 Å². The molecule has 1 aliphatic rings. The molecule has 0 saturated carbocycles. The van der Waals surface area contributed by atoms with Gasteiger partial charge in [-0.1, -0.05) is 23.7 Å². The largest absolute Gasteiger partial charge is 0.465 e. The van der Waals surface area contributed by atoms with Gasteiger partial charge in [0.15, 0.2) is 0 Å². The topological polar surface area (TPSA) is 43.8 Å². The van der Waals surface area contributed by atoms with Crippen LogP contribution in [0.2, 0.25) is 5.02 Å². The van der Waals surface area contributed by atoms with Gasteiger partial charge in [0.2, 0.25) is 0 Å². The number of carbonyl (C=O) groups is 1. The van der Waals surface area contributed by atoms with E-state index in [2.05, 4.69) is 11.4 Å². The smallest absolute Gasteiger partial charge is 0.408 e. The minimum atomic E-state index is -0.962. The van der Waals surface area contributed by atoms with Crippen molar-refractivity contribution in [3.05, 3.63) is 70.1 Å². The SMILES string of the molecule is O=C(O)N1CCC[C@H]1N(c1ccc(-c2ccsc2)cc1)c1ccc(F)c(Cl)c1. The van der Waals surface area contributed by atoms with Gasteiger partial charge in [0.05, 0.1) is 5.02 Å². The molecular weight excluding hydrogens is 399 g/mol. The number of likely N-dealkylation sites (tertiary alicyclic amines) is 1.